The molecule has 1 aromatic rings. The number of carbonyl (C=O) groups excluding carboxylic acids is 1. The third-order valence-corrected chi connectivity index (χ3v) is 1.99. The van der Waals surface area contributed by atoms with Gasteiger partial charge in [0.25, 0.3) is 5.95 Å². The quantitative estimate of drug-likeness (QED) is 0.705. The van der Waals surface area contributed by atoms with Gasteiger partial charge in [-0.15, -0.1) is 5.10 Å². The van der Waals surface area contributed by atoms with Crippen molar-refractivity contribution in [2.45, 2.75) is 39.0 Å². The van der Waals surface area contributed by atoms with E-state index in [2.05, 4.69) is 22.3 Å². The lowest BCUT2D eigenvalue weighted by Gasteiger charge is -2.10. The molecule has 0 unspecified atom stereocenters. The van der Waals surface area contributed by atoms with E-state index in [1.54, 1.807) is 7.05 Å². The molecule has 0 N–H and O–H groups in total. The molecule has 1 aliphatic carbocycles. The molecule has 1 heterocycles. The van der Waals surface area contributed by atoms with Gasteiger partial charge in [-0.3, -0.25) is 9.69 Å². The Morgan fingerprint density at radius 2 is 2.12 bits per heavy atom. The number of nitrogens with zero attached hydrogens (tertiary/aromatic N) is 5. The molecule has 0 radical (unpaired) electrons. The van der Waals surface area contributed by atoms with Crippen molar-refractivity contribution in [3.63, 3.8) is 0 Å². The molecule has 0 bridgehead atoms. The van der Waals surface area contributed by atoms with Gasteiger partial charge in [-0.25, -0.2) is 0 Å². The highest BCUT2D eigenvalue weighted by Crippen LogP contribution is 2.14. The predicted molar refractivity (Wildman–Crippen MR) is 61.0 cm³/mol. The molecular formula is C10H19N5O. The van der Waals surface area contributed by atoms with Crippen molar-refractivity contribution in [3.8, 4) is 0 Å². The van der Waals surface area contributed by atoms with E-state index in [1.807, 2.05) is 0 Å². The van der Waals surface area contributed by atoms with Gasteiger partial charge in [0, 0.05) is 6.54 Å². The summed E-state index contributed by atoms with van der Waals surface area (Å²) in [7, 11) is 1.67. The van der Waals surface area contributed by atoms with E-state index in [9.17, 15) is 4.79 Å². The second-order valence-corrected chi connectivity index (χ2v) is 3.79. The van der Waals surface area contributed by atoms with Crippen LogP contribution in [0.3, 0.4) is 0 Å². The average molecular weight is 225 g/mol. The van der Waals surface area contributed by atoms with Crippen molar-refractivity contribution in [1.82, 2.24) is 20.2 Å². The molecule has 0 saturated heterocycles. The maximum atomic E-state index is 10.6. The Morgan fingerprint density at radius 3 is 2.50 bits per heavy atom. The van der Waals surface area contributed by atoms with Gasteiger partial charge in [0.1, 0.15) is 0 Å². The summed E-state index contributed by atoms with van der Waals surface area (Å²) >= 11 is 0. The number of unbranched alkanes of at least 4 members (excludes halogenated alkanes) is 1. The highest BCUT2D eigenvalue weighted by atomic mass is 16.1. The number of carbonyl (C=O) groups is 1. The van der Waals surface area contributed by atoms with Gasteiger partial charge in [0.05, 0.1) is 7.05 Å². The van der Waals surface area contributed by atoms with Crippen LogP contribution < -0.4 is 4.90 Å². The van der Waals surface area contributed by atoms with E-state index in [-0.39, 0.29) is 0 Å². The Balaban J connectivity index is 0.000000365. The zero-order valence-electron chi connectivity index (χ0n) is 9.96. The first-order valence-electron chi connectivity index (χ1n) is 5.74. The first kappa shape index (κ1) is 12.6. The molecule has 0 atom stereocenters. The summed E-state index contributed by atoms with van der Waals surface area (Å²) in [5.41, 5.74) is 0. The van der Waals surface area contributed by atoms with Gasteiger partial charge in [-0.2, -0.15) is 4.80 Å². The summed E-state index contributed by atoms with van der Waals surface area (Å²) in [5.74, 6) is 0.367. The van der Waals surface area contributed by atoms with E-state index < -0.39 is 0 Å². The average Bonchev–Trinajstić information content (AvgIpc) is 3.10. The first-order chi connectivity index (χ1) is 7.77. The minimum Gasteiger partial charge on any atom is -0.281 e. The minimum absolute atomic E-state index is 0.367. The third kappa shape index (κ3) is 4.86. The fourth-order valence-corrected chi connectivity index (χ4v) is 0.917. The van der Waals surface area contributed by atoms with Crippen LogP contribution in [0.5, 0.6) is 0 Å². The number of tetrazole rings is 1. The minimum atomic E-state index is 0.367. The summed E-state index contributed by atoms with van der Waals surface area (Å²) in [5, 5.41) is 11.3. The fraction of sp³-hybridized carbons (Fsp3) is 0.800. The van der Waals surface area contributed by atoms with Gasteiger partial charge in [0.2, 0.25) is 6.41 Å². The molecule has 1 aromatic heterocycles. The summed E-state index contributed by atoms with van der Waals surface area (Å²) in [6.45, 7) is 2.71. The number of aromatic nitrogens is 4. The third-order valence-electron chi connectivity index (χ3n) is 1.99. The first-order valence-corrected chi connectivity index (χ1v) is 5.74. The SMILES string of the molecule is C1CC1.CCCCN(C=O)c1nnn(C)n1. The molecule has 1 aliphatic rings. The molecule has 6 nitrogen and oxygen atoms in total. The molecule has 6 heteroatoms. The number of amides is 1. The van der Waals surface area contributed by atoms with E-state index in [0.717, 1.165) is 19.3 Å². The van der Waals surface area contributed by atoms with E-state index >= 15 is 0 Å². The molecule has 0 aliphatic heterocycles. The van der Waals surface area contributed by atoms with Crippen LogP contribution in [0.25, 0.3) is 0 Å². The van der Waals surface area contributed by atoms with Crippen molar-refractivity contribution < 1.29 is 4.79 Å². The van der Waals surface area contributed by atoms with Gasteiger partial charge in [-0.05, 0) is 11.6 Å². The van der Waals surface area contributed by atoms with E-state index in [1.165, 1.54) is 29.0 Å². The van der Waals surface area contributed by atoms with Crippen molar-refractivity contribution in [2.75, 3.05) is 11.4 Å². The normalized spacial score (nSPS) is 12.6. The van der Waals surface area contributed by atoms with Crippen LogP contribution in [0.1, 0.15) is 39.0 Å². The van der Waals surface area contributed by atoms with Gasteiger partial charge < -0.3 is 0 Å². The van der Waals surface area contributed by atoms with Crippen LogP contribution in [0, 0.1) is 0 Å². The number of aryl methyl sites for hydroxylation is 1. The summed E-state index contributed by atoms with van der Waals surface area (Å²) in [6.07, 6.45) is 7.20. The Hall–Kier alpha value is -1.46. The van der Waals surface area contributed by atoms with E-state index in [0.29, 0.717) is 12.5 Å². The Labute approximate surface area is 95.6 Å². The predicted octanol–water partition coefficient (Wildman–Crippen LogP) is 1.14. The van der Waals surface area contributed by atoms with Crippen molar-refractivity contribution in [3.05, 3.63) is 0 Å². The van der Waals surface area contributed by atoms with Gasteiger partial charge >= 0.3 is 0 Å². The summed E-state index contributed by atoms with van der Waals surface area (Å²) in [4.78, 5) is 13.4. The van der Waals surface area contributed by atoms with Crippen LogP contribution in [-0.4, -0.2) is 33.2 Å². The van der Waals surface area contributed by atoms with Crippen LogP contribution in [-0.2, 0) is 11.8 Å². The van der Waals surface area contributed by atoms with Crippen LogP contribution in [0.15, 0.2) is 0 Å². The Morgan fingerprint density at radius 1 is 1.44 bits per heavy atom. The molecule has 2 rings (SSSR count). The molecule has 1 fully saturated rings. The maximum absolute atomic E-state index is 10.6. The van der Waals surface area contributed by atoms with Crippen LogP contribution in [0.4, 0.5) is 5.95 Å². The monoisotopic (exact) mass is 225 g/mol. The lowest BCUT2D eigenvalue weighted by Crippen LogP contribution is -2.23. The summed E-state index contributed by atoms with van der Waals surface area (Å²) < 4.78 is 0. The topological polar surface area (TPSA) is 63.9 Å². The number of hydrogen-bond acceptors (Lipinski definition) is 4. The smallest absolute Gasteiger partial charge is 0.272 e. The molecule has 1 amide bonds. The van der Waals surface area contributed by atoms with Crippen molar-refractivity contribution in [1.29, 1.82) is 0 Å². The molecule has 16 heavy (non-hydrogen) atoms. The van der Waals surface area contributed by atoms with Gasteiger partial charge in [-0.1, -0.05) is 37.7 Å². The van der Waals surface area contributed by atoms with Gasteiger partial charge in [0.15, 0.2) is 0 Å². The summed E-state index contributed by atoms with van der Waals surface area (Å²) in [6, 6.07) is 0. The molecular weight excluding hydrogens is 206 g/mol. The number of hydrogen-bond donors (Lipinski definition) is 0. The lowest BCUT2D eigenvalue weighted by atomic mass is 10.3. The highest BCUT2D eigenvalue weighted by molar-refractivity contribution is 5.70. The fourth-order valence-electron chi connectivity index (χ4n) is 0.917. The molecule has 1 saturated carbocycles. The van der Waals surface area contributed by atoms with Crippen molar-refractivity contribution >= 4 is 12.4 Å². The number of anilines is 1. The zero-order chi connectivity index (χ0) is 11.8. The molecule has 90 valence electrons. The lowest BCUT2D eigenvalue weighted by molar-refractivity contribution is -0.107. The highest BCUT2D eigenvalue weighted by Gasteiger charge is 2.09. The van der Waals surface area contributed by atoms with Crippen LogP contribution >= 0.6 is 0 Å². The maximum Gasteiger partial charge on any atom is 0.272 e. The Bertz CT molecular complexity index is 307. The largest absolute Gasteiger partial charge is 0.281 e. The second kappa shape index (κ2) is 6.92. The molecule has 0 spiro atoms. The van der Waals surface area contributed by atoms with Crippen LogP contribution in [0.2, 0.25) is 0 Å². The molecule has 0 aromatic carbocycles. The standard InChI is InChI=1S/C7H13N5O.C3H6/c1-3-4-5-12(6-13)7-8-10-11(2)9-7;1-2-3-1/h6H,3-5H2,1-2H3;1-3H2. The Kier molecular flexibility index (Phi) is 5.45. The number of rotatable bonds is 5. The zero-order valence-corrected chi connectivity index (χ0v) is 9.96. The van der Waals surface area contributed by atoms with Crippen molar-refractivity contribution in [2.24, 2.45) is 7.05 Å². The van der Waals surface area contributed by atoms with E-state index in [4.69, 9.17) is 0 Å². The second-order valence-electron chi connectivity index (χ2n) is 3.79.